The molecule has 0 amide bonds. The van der Waals surface area contributed by atoms with Crippen LogP contribution in [0.2, 0.25) is 0 Å². The van der Waals surface area contributed by atoms with Crippen LogP contribution in [0.5, 0.6) is 0 Å². The molecular weight excluding hydrogens is 168 g/mol. The van der Waals surface area contributed by atoms with Crippen molar-refractivity contribution in [3.05, 3.63) is 17.8 Å². The van der Waals surface area contributed by atoms with Crippen LogP contribution in [0.3, 0.4) is 0 Å². The van der Waals surface area contributed by atoms with Gasteiger partial charge in [-0.25, -0.2) is 4.98 Å². The highest BCUT2D eigenvalue weighted by molar-refractivity contribution is 5.96. The maximum atomic E-state index is 5.25. The van der Waals surface area contributed by atoms with Crippen molar-refractivity contribution in [2.75, 3.05) is 7.11 Å². The second-order valence-corrected chi connectivity index (χ2v) is 3.08. The number of nitrogens with zero attached hydrogens (tertiary/aromatic N) is 2. The molecule has 0 unspecified atom stereocenters. The van der Waals surface area contributed by atoms with Crippen LogP contribution in [0.25, 0.3) is 0 Å². The molecule has 1 rings (SSSR count). The summed E-state index contributed by atoms with van der Waals surface area (Å²) in [5.74, 6) is 1.02. The molecule has 0 saturated carbocycles. The van der Waals surface area contributed by atoms with E-state index < -0.39 is 0 Å². The SMILES string of the molecule is CO/N=C(\C)c1coc(C(C)C)n1. The first kappa shape index (κ1) is 9.77. The van der Waals surface area contributed by atoms with E-state index in [2.05, 4.69) is 15.0 Å². The smallest absolute Gasteiger partial charge is 0.197 e. The standard InChI is InChI=1S/C9H14N2O2/c1-6(2)9-10-8(5-13-9)7(3)11-12-4/h5-6H,1-4H3/b11-7+. The molecule has 0 radical (unpaired) electrons. The summed E-state index contributed by atoms with van der Waals surface area (Å²) in [6.45, 7) is 5.88. The van der Waals surface area contributed by atoms with Gasteiger partial charge in [-0.1, -0.05) is 19.0 Å². The molecule has 0 aliphatic rings. The molecule has 0 fully saturated rings. The van der Waals surface area contributed by atoms with Gasteiger partial charge >= 0.3 is 0 Å². The number of rotatable bonds is 3. The predicted molar refractivity (Wildman–Crippen MR) is 49.8 cm³/mol. The second kappa shape index (κ2) is 4.07. The van der Waals surface area contributed by atoms with Gasteiger partial charge in [0, 0.05) is 5.92 Å². The Morgan fingerprint density at radius 1 is 1.62 bits per heavy atom. The number of oxime groups is 1. The Hall–Kier alpha value is -1.32. The Bertz CT molecular complexity index is 302. The van der Waals surface area contributed by atoms with E-state index in [4.69, 9.17) is 4.42 Å². The number of aromatic nitrogens is 1. The minimum Gasteiger partial charge on any atom is -0.448 e. The lowest BCUT2D eigenvalue weighted by Crippen LogP contribution is -1.96. The van der Waals surface area contributed by atoms with Gasteiger partial charge in [-0.05, 0) is 6.92 Å². The first-order chi connectivity index (χ1) is 6.15. The van der Waals surface area contributed by atoms with Crippen molar-refractivity contribution in [1.29, 1.82) is 0 Å². The molecule has 4 nitrogen and oxygen atoms in total. The summed E-state index contributed by atoms with van der Waals surface area (Å²) in [7, 11) is 1.51. The van der Waals surface area contributed by atoms with Crippen molar-refractivity contribution < 1.29 is 9.25 Å². The molecule has 4 heteroatoms. The fourth-order valence-corrected chi connectivity index (χ4v) is 0.903. The summed E-state index contributed by atoms with van der Waals surface area (Å²) >= 11 is 0. The predicted octanol–water partition coefficient (Wildman–Crippen LogP) is 2.17. The summed E-state index contributed by atoms with van der Waals surface area (Å²) in [5.41, 5.74) is 1.45. The van der Waals surface area contributed by atoms with Gasteiger partial charge in [0.05, 0.1) is 0 Å². The van der Waals surface area contributed by atoms with Crippen molar-refractivity contribution in [2.45, 2.75) is 26.7 Å². The summed E-state index contributed by atoms with van der Waals surface area (Å²) in [5, 5.41) is 3.76. The molecule has 0 bridgehead atoms. The van der Waals surface area contributed by atoms with E-state index in [1.165, 1.54) is 7.11 Å². The van der Waals surface area contributed by atoms with Gasteiger partial charge in [0.1, 0.15) is 24.8 Å². The molecule has 0 aliphatic heterocycles. The quantitative estimate of drug-likeness (QED) is 0.531. The zero-order valence-corrected chi connectivity index (χ0v) is 8.37. The van der Waals surface area contributed by atoms with Crippen LogP contribution in [0.4, 0.5) is 0 Å². The molecule has 0 spiro atoms. The lowest BCUT2D eigenvalue weighted by molar-refractivity contribution is 0.213. The Morgan fingerprint density at radius 2 is 2.31 bits per heavy atom. The normalized spacial score (nSPS) is 12.2. The average molecular weight is 182 g/mol. The maximum Gasteiger partial charge on any atom is 0.197 e. The van der Waals surface area contributed by atoms with Crippen LogP contribution in [0.15, 0.2) is 15.8 Å². The minimum absolute atomic E-state index is 0.295. The van der Waals surface area contributed by atoms with Crippen LogP contribution in [-0.4, -0.2) is 17.8 Å². The van der Waals surface area contributed by atoms with Crippen LogP contribution in [0.1, 0.15) is 38.3 Å². The van der Waals surface area contributed by atoms with Gasteiger partial charge in [-0.15, -0.1) is 0 Å². The largest absolute Gasteiger partial charge is 0.448 e. The van der Waals surface area contributed by atoms with Crippen molar-refractivity contribution >= 4 is 5.71 Å². The molecule has 0 atom stereocenters. The third-order valence-corrected chi connectivity index (χ3v) is 1.61. The fourth-order valence-electron chi connectivity index (χ4n) is 0.903. The lowest BCUT2D eigenvalue weighted by Gasteiger charge is -1.94. The Labute approximate surface area is 77.6 Å². The number of hydrogen-bond donors (Lipinski definition) is 0. The van der Waals surface area contributed by atoms with Crippen LogP contribution >= 0.6 is 0 Å². The highest BCUT2D eigenvalue weighted by Gasteiger charge is 2.09. The monoisotopic (exact) mass is 182 g/mol. The topological polar surface area (TPSA) is 47.6 Å². The van der Waals surface area contributed by atoms with Gasteiger partial charge in [-0.2, -0.15) is 0 Å². The molecule has 0 saturated heterocycles. The minimum atomic E-state index is 0.295. The van der Waals surface area contributed by atoms with E-state index in [9.17, 15) is 0 Å². The zero-order chi connectivity index (χ0) is 9.84. The van der Waals surface area contributed by atoms with Crippen molar-refractivity contribution in [3.8, 4) is 0 Å². The Balaban J connectivity index is 2.85. The van der Waals surface area contributed by atoms with E-state index in [1.807, 2.05) is 20.8 Å². The molecule has 0 aromatic carbocycles. The van der Waals surface area contributed by atoms with Crippen molar-refractivity contribution in [3.63, 3.8) is 0 Å². The molecule has 0 N–H and O–H groups in total. The summed E-state index contributed by atoms with van der Waals surface area (Å²) in [6, 6.07) is 0. The molecule has 1 heterocycles. The van der Waals surface area contributed by atoms with Gasteiger partial charge in [-0.3, -0.25) is 0 Å². The molecular formula is C9H14N2O2. The van der Waals surface area contributed by atoms with E-state index in [1.54, 1.807) is 6.26 Å². The van der Waals surface area contributed by atoms with E-state index >= 15 is 0 Å². The summed E-state index contributed by atoms with van der Waals surface area (Å²) in [6.07, 6.45) is 1.59. The zero-order valence-electron chi connectivity index (χ0n) is 8.37. The van der Waals surface area contributed by atoms with Gasteiger partial charge in [0.15, 0.2) is 5.89 Å². The van der Waals surface area contributed by atoms with Gasteiger partial charge < -0.3 is 9.25 Å². The van der Waals surface area contributed by atoms with Gasteiger partial charge in [0.25, 0.3) is 0 Å². The molecule has 72 valence electrons. The molecule has 1 aromatic heterocycles. The highest BCUT2D eigenvalue weighted by atomic mass is 16.6. The maximum absolute atomic E-state index is 5.25. The Morgan fingerprint density at radius 3 is 2.77 bits per heavy atom. The fraction of sp³-hybridized carbons (Fsp3) is 0.556. The Kier molecular flexibility index (Phi) is 3.06. The van der Waals surface area contributed by atoms with E-state index in [0.717, 1.165) is 17.3 Å². The van der Waals surface area contributed by atoms with E-state index in [-0.39, 0.29) is 0 Å². The van der Waals surface area contributed by atoms with E-state index in [0.29, 0.717) is 5.92 Å². The molecule has 0 aliphatic carbocycles. The highest BCUT2D eigenvalue weighted by Crippen LogP contribution is 2.13. The lowest BCUT2D eigenvalue weighted by atomic mass is 10.2. The molecule has 1 aromatic rings. The molecule has 13 heavy (non-hydrogen) atoms. The van der Waals surface area contributed by atoms with Crippen molar-refractivity contribution in [2.24, 2.45) is 5.16 Å². The van der Waals surface area contributed by atoms with Crippen molar-refractivity contribution in [1.82, 2.24) is 4.98 Å². The van der Waals surface area contributed by atoms with Crippen LogP contribution < -0.4 is 0 Å². The third kappa shape index (κ3) is 2.31. The average Bonchev–Trinajstić information content (AvgIpc) is 2.52. The van der Waals surface area contributed by atoms with Gasteiger partial charge in [0.2, 0.25) is 0 Å². The number of hydrogen-bond acceptors (Lipinski definition) is 4. The van der Waals surface area contributed by atoms with Crippen LogP contribution in [0, 0.1) is 0 Å². The first-order valence-corrected chi connectivity index (χ1v) is 4.18. The third-order valence-electron chi connectivity index (χ3n) is 1.61. The second-order valence-electron chi connectivity index (χ2n) is 3.08. The summed E-state index contributed by atoms with van der Waals surface area (Å²) < 4.78 is 5.25. The summed E-state index contributed by atoms with van der Waals surface area (Å²) in [4.78, 5) is 8.88. The van der Waals surface area contributed by atoms with Crippen LogP contribution in [-0.2, 0) is 4.84 Å². The first-order valence-electron chi connectivity index (χ1n) is 4.18. The number of oxazole rings is 1.